The van der Waals surface area contributed by atoms with Crippen LogP contribution in [0.2, 0.25) is 0 Å². The molecule has 1 N–H and O–H groups in total. The van der Waals surface area contributed by atoms with Gasteiger partial charge >= 0.3 is 5.97 Å². The lowest BCUT2D eigenvalue weighted by atomic mass is 10.2. The highest BCUT2D eigenvalue weighted by molar-refractivity contribution is 7.14. The summed E-state index contributed by atoms with van der Waals surface area (Å²) >= 11 is 1.29. The number of ether oxygens (including phenoxy) is 2. The summed E-state index contributed by atoms with van der Waals surface area (Å²) in [4.78, 5) is 14.7. The molecule has 2 heterocycles. The van der Waals surface area contributed by atoms with E-state index in [4.69, 9.17) is 9.47 Å². The Bertz CT molecular complexity index is 472. The van der Waals surface area contributed by atoms with Gasteiger partial charge in [0.25, 0.3) is 0 Å². The fourth-order valence-corrected chi connectivity index (χ4v) is 3.03. The fourth-order valence-electron chi connectivity index (χ4n) is 2.08. The van der Waals surface area contributed by atoms with Gasteiger partial charge in [-0.05, 0) is 19.0 Å². The van der Waals surface area contributed by atoms with Crippen LogP contribution < -0.4 is 4.74 Å². The zero-order valence-electron chi connectivity index (χ0n) is 12.1. The number of likely N-dealkylation sites (N-methyl/N-ethyl adjacent to an activating group) is 1. The molecule has 1 unspecified atom stereocenters. The first kappa shape index (κ1) is 15.3. The third-order valence-corrected chi connectivity index (χ3v) is 4.65. The number of hydrogen-bond donors (Lipinski definition) is 1. The topological polar surface area (TPSA) is 59.0 Å². The molecular weight excluding hydrogens is 278 g/mol. The van der Waals surface area contributed by atoms with E-state index in [0.29, 0.717) is 24.9 Å². The lowest BCUT2D eigenvalue weighted by molar-refractivity contribution is -0.0404. The average Bonchev–Trinajstić information content (AvgIpc) is 2.81. The van der Waals surface area contributed by atoms with Crippen LogP contribution in [-0.2, 0) is 4.74 Å². The number of nitrogens with zero attached hydrogens (tertiary/aromatic N) is 1. The number of thiophene rings is 1. The van der Waals surface area contributed by atoms with Crippen LogP contribution in [0, 0.1) is 0 Å². The molecule has 0 bridgehead atoms. The minimum Gasteiger partial charge on any atom is -0.489 e. The quantitative estimate of drug-likeness (QED) is 0.904. The van der Waals surface area contributed by atoms with Gasteiger partial charge in [-0.2, -0.15) is 0 Å². The smallest absolute Gasteiger partial charge is 0.349 e. The second-order valence-electron chi connectivity index (χ2n) is 5.37. The lowest BCUT2D eigenvalue weighted by Gasteiger charge is -2.29. The van der Waals surface area contributed by atoms with Crippen LogP contribution in [-0.4, -0.2) is 55.4 Å². The molecule has 0 spiro atoms. The SMILES string of the molecule is CC(C)c1cc(OCC2CN(C)CCO2)c(C(=O)O)s1. The molecular formula is C14H21NO4S. The van der Waals surface area contributed by atoms with Crippen LogP contribution in [0.25, 0.3) is 0 Å². The Balaban J connectivity index is 2.02. The summed E-state index contributed by atoms with van der Waals surface area (Å²) in [5.41, 5.74) is 0. The van der Waals surface area contributed by atoms with E-state index in [-0.39, 0.29) is 11.0 Å². The highest BCUT2D eigenvalue weighted by Crippen LogP contribution is 2.34. The first-order valence-corrected chi connectivity index (χ1v) is 7.59. The highest BCUT2D eigenvalue weighted by Gasteiger charge is 2.22. The van der Waals surface area contributed by atoms with E-state index in [1.54, 1.807) is 0 Å². The van der Waals surface area contributed by atoms with Gasteiger partial charge in [0.1, 0.15) is 18.5 Å². The standard InChI is InChI=1S/C14H21NO4S/c1-9(2)12-6-11(13(20-12)14(16)17)19-8-10-7-15(3)4-5-18-10/h6,9-10H,4-5,7-8H2,1-3H3,(H,16,17). The molecule has 0 radical (unpaired) electrons. The Morgan fingerprint density at radius 1 is 1.65 bits per heavy atom. The highest BCUT2D eigenvalue weighted by atomic mass is 32.1. The second-order valence-corrected chi connectivity index (χ2v) is 6.45. The van der Waals surface area contributed by atoms with Crippen molar-refractivity contribution < 1.29 is 19.4 Å². The van der Waals surface area contributed by atoms with Crippen molar-refractivity contribution >= 4 is 17.3 Å². The minimum atomic E-state index is -0.932. The van der Waals surface area contributed by atoms with Gasteiger partial charge in [0.05, 0.1) is 6.61 Å². The normalized spacial score (nSPS) is 20.3. The van der Waals surface area contributed by atoms with Gasteiger partial charge in [-0.25, -0.2) is 4.79 Å². The molecule has 0 amide bonds. The predicted molar refractivity (Wildman–Crippen MR) is 78.1 cm³/mol. The van der Waals surface area contributed by atoms with Crippen molar-refractivity contribution in [3.05, 3.63) is 15.8 Å². The van der Waals surface area contributed by atoms with Gasteiger partial charge in [-0.15, -0.1) is 11.3 Å². The summed E-state index contributed by atoms with van der Waals surface area (Å²) in [6.07, 6.45) is -0.00204. The zero-order chi connectivity index (χ0) is 14.7. The van der Waals surface area contributed by atoms with Gasteiger partial charge in [-0.1, -0.05) is 13.8 Å². The number of carboxylic acids is 1. The van der Waals surface area contributed by atoms with Crippen molar-refractivity contribution in [1.29, 1.82) is 0 Å². The molecule has 1 saturated heterocycles. The Morgan fingerprint density at radius 2 is 2.40 bits per heavy atom. The van der Waals surface area contributed by atoms with Gasteiger partial charge in [-0.3, -0.25) is 0 Å². The summed E-state index contributed by atoms with van der Waals surface area (Å²) in [6.45, 7) is 6.90. The summed E-state index contributed by atoms with van der Waals surface area (Å²) < 4.78 is 11.3. The van der Waals surface area contributed by atoms with E-state index in [1.165, 1.54) is 11.3 Å². The minimum absolute atomic E-state index is 0.00204. The van der Waals surface area contributed by atoms with E-state index in [9.17, 15) is 9.90 Å². The molecule has 20 heavy (non-hydrogen) atoms. The molecule has 1 aromatic rings. The fraction of sp³-hybridized carbons (Fsp3) is 0.643. The molecule has 2 rings (SSSR count). The number of carbonyl (C=O) groups is 1. The number of aromatic carboxylic acids is 1. The molecule has 6 heteroatoms. The zero-order valence-corrected chi connectivity index (χ0v) is 12.9. The molecule has 0 saturated carbocycles. The van der Waals surface area contributed by atoms with Crippen molar-refractivity contribution in [2.24, 2.45) is 0 Å². The molecule has 1 aliphatic heterocycles. The third-order valence-electron chi connectivity index (χ3n) is 3.25. The Morgan fingerprint density at radius 3 is 3.00 bits per heavy atom. The molecule has 1 aliphatic rings. The number of morpholine rings is 1. The number of hydrogen-bond acceptors (Lipinski definition) is 5. The van der Waals surface area contributed by atoms with Crippen molar-refractivity contribution in [2.45, 2.75) is 25.9 Å². The van der Waals surface area contributed by atoms with Crippen LogP contribution in [0.15, 0.2) is 6.07 Å². The molecule has 1 aromatic heterocycles. The van der Waals surface area contributed by atoms with Crippen LogP contribution >= 0.6 is 11.3 Å². The molecule has 0 aliphatic carbocycles. The largest absolute Gasteiger partial charge is 0.489 e. The molecule has 112 valence electrons. The Labute approximate surface area is 123 Å². The van der Waals surface area contributed by atoms with Crippen LogP contribution in [0.1, 0.15) is 34.3 Å². The average molecular weight is 299 g/mol. The van der Waals surface area contributed by atoms with E-state index in [2.05, 4.69) is 4.90 Å². The maximum Gasteiger partial charge on any atom is 0.349 e. The van der Waals surface area contributed by atoms with Crippen LogP contribution in [0.4, 0.5) is 0 Å². The first-order valence-electron chi connectivity index (χ1n) is 6.77. The third kappa shape index (κ3) is 3.71. The Hall–Kier alpha value is -1.11. The van der Waals surface area contributed by atoms with Crippen molar-refractivity contribution in [2.75, 3.05) is 33.4 Å². The van der Waals surface area contributed by atoms with Crippen molar-refractivity contribution in [3.8, 4) is 5.75 Å². The summed E-state index contributed by atoms with van der Waals surface area (Å²) in [7, 11) is 2.04. The van der Waals surface area contributed by atoms with Crippen molar-refractivity contribution in [3.63, 3.8) is 0 Å². The first-order chi connectivity index (χ1) is 9.47. The maximum atomic E-state index is 11.3. The van der Waals surface area contributed by atoms with E-state index in [0.717, 1.165) is 18.0 Å². The summed E-state index contributed by atoms with van der Waals surface area (Å²) in [5, 5.41) is 9.23. The predicted octanol–water partition coefficient (Wildman–Crippen LogP) is 2.28. The van der Waals surface area contributed by atoms with Gasteiger partial charge in [0.2, 0.25) is 0 Å². The summed E-state index contributed by atoms with van der Waals surface area (Å²) in [6, 6.07) is 1.84. The molecule has 0 aromatic carbocycles. The van der Waals surface area contributed by atoms with E-state index >= 15 is 0 Å². The van der Waals surface area contributed by atoms with E-state index in [1.807, 2.05) is 27.0 Å². The Kier molecular flexibility index (Phi) is 5.01. The second kappa shape index (κ2) is 6.56. The van der Waals surface area contributed by atoms with Gasteiger partial charge in [0, 0.05) is 18.0 Å². The molecule has 1 atom stereocenters. The monoisotopic (exact) mass is 299 g/mol. The summed E-state index contributed by atoms with van der Waals surface area (Å²) in [5.74, 6) is -0.172. The van der Waals surface area contributed by atoms with Crippen LogP contribution in [0.5, 0.6) is 5.75 Å². The maximum absolute atomic E-state index is 11.3. The van der Waals surface area contributed by atoms with Gasteiger partial charge < -0.3 is 19.5 Å². The lowest BCUT2D eigenvalue weighted by Crippen LogP contribution is -2.42. The molecule has 5 nitrogen and oxygen atoms in total. The van der Waals surface area contributed by atoms with Gasteiger partial charge in [0.15, 0.2) is 4.88 Å². The van der Waals surface area contributed by atoms with Crippen LogP contribution in [0.3, 0.4) is 0 Å². The number of carboxylic acid groups (broad SMARTS) is 1. The van der Waals surface area contributed by atoms with Crippen molar-refractivity contribution in [1.82, 2.24) is 4.90 Å². The van der Waals surface area contributed by atoms with E-state index < -0.39 is 5.97 Å². The molecule has 1 fully saturated rings. The number of rotatable bonds is 5.